The van der Waals surface area contributed by atoms with Gasteiger partial charge in [-0.15, -0.1) is 0 Å². The molecule has 0 unspecified atom stereocenters. The van der Waals surface area contributed by atoms with Crippen LogP contribution < -0.4 is 15.4 Å². The molecule has 2 aromatic rings. The number of hydrogen-bond donors (Lipinski definition) is 3. The third-order valence-corrected chi connectivity index (χ3v) is 5.38. The molecule has 0 fully saturated rings. The summed E-state index contributed by atoms with van der Waals surface area (Å²) in [6.45, 7) is 1.85. The zero-order chi connectivity index (χ0) is 16.6. The highest BCUT2D eigenvalue weighted by Gasteiger charge is 2.33. The molecule has 0 aliphatic carbocycles. The predicted octanol–water partition coefficient (Wildman–Crippen LogP) is 2.43. The Bertz CT molecular complexity index is 866. The topological polar surface area (TPSA) is 87.3 Å². The van der Waals surface area contributed by atoms with E-state index in [-0.39, 0.29) is 4.90 Å². The van der Waals surface area contributed by atoms with Crippen LogP contribution in [0.15, 0.2) is 51.8 Å². The van der Waals surface area contributed by atoms with Gasteiger partial charge >= 0.3 is 0 Å². The maximum Gasteiger partial charge on any atom is 0.262 e. The number of amides is 1. The Hall–Kier alpha value is -1.90. The number of nitrogens with one attached hydrogen (secondary N) is 3. The van der Waals surface area contributed by atoms with Crippen molar-refractivity contribution in [3.05, 3.63) is 52.5 Å². The molecule has 8 heteroatoms. The van der Waals surface area contributed by atoms with Crippen LogP contribution in [0.4, 0.5) is 11.4 Å². The van der Waals surface area contributed by atoms with E-state index in [1.165, 1.54) is 6.07 Å². The van der Waals surface area contributed by atoms with E-state index in [9.17, 15) is 13.2 Å². The summed E-state index contributed by atoms with van der Waals surface area (Å²) in [5.74, 6) is -0.483. The smallest absolute Gasteiger partial charge is 0.262 e. The van der Waals surface area contributed by atoms with Crippen molar-refractivity contribution in [2.24, 2.45) is 0 Å². The third-order valence-electron chi connectivity index (χ3n) is 3.37. The molecule has 0 saturated carbocycles. The number of aryl methyl sites for hydroxylation is 1. The van der Waals surface area contributed by atoms with E-state index >= 15 is 0 Å². The summed E-state index contributed by atoms with van der Waals surface area (Å²) in [5, 5.41) is 5.59. The van der Waals surface area contributed by atoms with Gasteiger partial charge in [0.2, 0.25) is 10.0 Å². The second-order valence-electron chi connectivity index (χ2n) is 5.19. The molecule has 2 aromatic carbocycles. The van der Waals surface area contributed by atoms with Gasteiger partial charge in [0.1, 0.15) is 4.90 Å². The van der Waals surface area contributed by atoms with Crippen LogP contribution in [0, 0.1) is 6.92 Å². The summed E-state index contributed by atoms with van der Waals surface area (Å²) in [6.07, 6.45) is -1.07. The molecule has 1 aliphatic rings. The number of benzene rings is 2. The van der Waals surface area contributed by atoms with Crippen molar-refractivity contribution >= 4 is 43.2 Å². The van der Waals surface area contributed by atoms with Crippen molar-refractivity contribution < 1.29 is 13.2 Å². The Morgan fingerprint density at radius 2 is 1.87 bits per heavy atom. The Balaban J connectivity index is 1.84. The molecule has 1 aliphatic heterocycles. The fourth-order valence-electron chi connectivity index (χ4n) is 2.26. The fraction of sp³-hybridized carbons (Fsp3) is 0.133. The standard InChI is InChI=1S/C15H14BrN3O3S/c1-9-2-7-13-12(8-9)18-14(19-23(13,21)22)15(20)17-11-5-3-10(16)4-6-11/h2-8,14,18-19H,1H3,(H,17,20)/t14-/m1/s1. The van der Waals surface area contributed by atoms with Crippen LogP contribution in [0.3, 0.4) is 0 Å². The average Bonchev–Trinajstić information content (AvgIpc) is 2.48. The maximum atomic E-state index is 12.3. The van der Waals surface area contributed by atoms with Gasteiger partial charge in [0.25, 0.3) is 5.91 Å². The van der Waals surface area contributed by atoms with Crippen LogP contribution in [0.1, 0.15) is 5.56 Å². The summed E-state index contributed by atoms with van der Waals surface area (Å²) >= 11 is 3.31. The van der Waals surface area contributed by atoms with E-state index in [2.05, 4.69) is 31.3 Å². The molecular weight excluding hydrogens is 382 g/mol. The molecule has 23 heavy (non-hydrogen) atoms. The minimum absolute atomic E-state index is 0.135. The Kier molecular flexibility index (Phi) is 4.13. The van der Waals surface area contributed by atoms with E-state index in [1.54, 1.807) is 36.4 Å². The molecule has 6 nitrogen and oxygen atoms in total. The van der Waals surface area contributed by atoms with Crippen molar-refractivity contribution in [1.82, 2.24) is 4.72 Å². The molecule has 0 spiro atoms. The quantitative estimate of drug-likeness (QED) is 0.728. The first-order chi connectivity index (χ1) is 10.8. The molecular formula is C15H14BrN3O3S. The Morgan fingerprint density at radius 3 is 2.57 bits per heavy atom. The fourth-order valence-corrected chi connectivity index (χ4v) is 3.78. The number of fused-ring (bicyclic) bond motifs is 1. The van der Waals surface area contributed by atoms with Crippen LogP contribution in [0.2, 0.25) is 0 Å². The second kappa shape index (κ2) is 5.95. The molecule has 0 aromatic heterocycles. The second-order valence-corrected chi connectivity index (χ2v) is 7.79. The number of anilines is 2. The van der Waals surface area contributed by atoms with Crippen LogP contribution in [-0.4, -0.2) is 20.5 Å². The molecule has 1 heterocycles. The first kappa shape index (κ1) is 16.0. The minimum Gasteiger partial charge on any atom is -0.360 e. The van der Waals surface area contributed by atoms with Crippen molar-refractivity contribution in [3.63, 3.8) is 0 Å². The van der Waals surface area contributed by atoms with Gasteiger partial charge in [0.05, 0.1) is 5.69 Å². The Morgan fingerprint density at radius 1 is 1.17 bits per heavy atom. The molecule has 1 atom stereocenters. The maximum absolute atomic E-state index is 12.3. The number of hydrogen-bond acceptors (Lipinski definition) is 4. The summed E-state index contributed by atoms with van der Waals surface area (Å²) in [5.41, 5.74) is 1.90. The lowest BCUT2D eigenvalue weighted by molar-refractivity contribution is -0.117. The number of sulfonamides is 1. The van der Waals surface area contributed by atoms with E-state index in [0.717, 1.165) is 10.0 Å². The Labute approximate surface area is 142 Å². The normalized spacial score (nSPS) is 18.6. The lowest BCUT2D eigenvalue weighted by atomic mass is 10.2. The monoisotopic (exact) mass is 395 g/mol. The molecule has 0 radical (unpaired) electrons. The minimum atomic E-state index is -3.73. The molecule has 1 amide bonds. The lowest BCUT2D eigenvalue weighted by Crippen LogP contribution is -2.51. The van der Waals surface area contributed by atoms with Crippen LogP contribution in [0.5, 0.6) is 0 Å². The van der Waals surface area contributed by atoms with Gasteiger partial charge in [-0.25, -0.2) is 8.42 Å². The van der Waals surface area contributed by atoms with Gasteiger partial charge in [0.15, 0.2) is 6.17 Å². The van der Waals surface area contributed by atoms with Crippen LogP contribution in [-0.2, 0) is 14.8 Å². The summed E-state index contributed by atoms with van der Waals surface area (Å²) < 4.78 is 27.7. The van der Waals surface area contributed by atoms with Crippen molar-refractivity contribution in [2.75, 3.05) is 10.6 Å². The summed E-state index contributed by atoms with van der Waals surface area (Å²) in [7, 11) is -3.73. The molecule has 120 valence electrons. The third kappa shape index (κ3) is 3.39. The van der Waals surface area contributed by atoms with E-state index in [1.807, 2.05) is 6.92 Å². The highest BCUT2D eigenvalue weighted by molar-refractivity contribution is 9.10. The van der Waals surface area contributed by atoms with E-state index in [4.69, 9.17) is 0 Å². The molecule has 0 bridgehead atoms. The molecule has 3 N–H and O–H groups in total. The van der Waals surface area contributed by atoms with Crippen molar-refractivity contribution in [2.45, 2.75) is 18.0 Å². The summed E-state index contributed by atoms with van der Waals surface area (Å²) in [4.78, 5) is 12.5. The first-order valence-corrected chi connectivity index (χ1v) is 9.09. The van der Waals surface area contributed by atoms with Crippen LogP contribution >= 0.6 is 15.9 Å². The van der Waals surface area contributed by atoms with Gasteiger partial charge in [0, 0.05) is 10.2 Å². The van der Waals surface area contributed by atoms with E-state index < -0.39 is 22.1 Å². The van der Waals surface area contributed by atoms with Gasteiger partial charge < -0.3 is 10.6 Å². The lowest BCUT2D eigenvalue weighted by Gasteiger charge is -2.27. The van der Waals surface area contributed by atoms with Gasteiger partial charge in [-0.1, -0.05) is 22.0 Å². The molecule has 3 rings (SSSR count). The highest BCUT2D eigenvalue weighted by Crippen LogP contribution is 2.27. The van der Waals surface area contributed by atoms with Gasteiger partial charge in [-0.2, -0.15) is 4.72 Å². The first-order valence-electron chi connectivity index (χ1n) is 6.81. The number of halogens is 1. The zero-order valence-electron chi connectivity index (χ0n) is 12.1. The average molecular weight is 396 g/mol. The van der Waals surface area contributed by atoms with E-state index in [0.29, 0.717) is 11.4 Å². The van der Waals surface area contributed by atoms with Crippen molar-refractivity contribution in [3.8, 4) is 0 Å². The number of carbonyl (C=O) groups excluding carboxylic acids is 1. The number of rotatable bonds is 2. The van der Waals surface area contributed by atoms with Gasteiger partial charge in [-0.05, 0) is 48.9 Å². The molecule has 0 saturated heterocycles. The van der Waals surface area contributed by atoms with Gasteiger partial charge in [-0.3, -0.25) is 4.79 Å². The zero-order valence-corrected chi connectivity index (χ0v) is 14.5. The SMILES string of the molecule is Cc1ccc2c(c1)N[C@@H](C(=O)Nc1ccc(Br)cc1)NS2(=O)=O. The number of carbonyl (C=O) groups is 1. The summed E-state index contributed by atoms with van der Waals surface area (Å²) in [6, 6.07) is 11.9. The van der Waals surface area contributed by atoms with Crippen LogP contribution in [0.25, 0.3) is 0 Å². The largest absolute Gasteiger partial charge is 0.360 e. The highest BCUT2D eigenvalue weighted by atomic mass is 79.9. The predicted molar refractivity (Wildman–Crippen MR) is 91.7 cm³/mol. The van der Waals surface area contributed by atoms with Crippen molar-refractivity contribution in [1.29, 1.82) is 0 Å².